The van der Waals surface area contributed by atoms with E-state index >= 15 is 0 Å². The molecule has 2 aromatic heterocycles. The molecule has 0 bridgehead atoms. The van der Waals surface area contributed by atoms with Crippen molar-refractivity contribution >= 4 is 11.7 Å². The third-order valence-electron chi connectivity index (χ3n) is 5.88. The van der Waals surface area contributed by atoms with Crippen LogP contribution in [0, 0.1) is 19.8 Å². The largest absolute Gasteiger partial charge is 0.310 e. The van der Waals surface area contributed by atoms with E-state index in [9.17, 15) is 4.79 Å². The molecule has 0 aliphatic heterocycles. The summed E-state index contributed by atoms with van der Waals surface area (Å²) in [6, 6.07) is 4.05. The van der Waals surface area contributed by atoms with E-state index in [4.69, 9.17) is 0 Å². The van der Waals surface area contributed by atoms with Gasteiger partial charge in [-0.15, -0.1) is 0 Å². The number of nitrogens with zero attached hydrogens (tertiary/aromatic N) is 3. The highest BCUT2D eigenvalue weighted by molar-refractivity contribution is 5.91. The zero-order valence-electron chi connectivity index (χ0n) is 15.8. The lowest BCUT2D eigenvalue weighted by Crippen LogP contribution is -2.16. The lowest BCUT2D eigenvalue weighted by Gasteiger charge is -2.10. The number of carbonyl (C=O) groups excluding carboxylic acids is 1. The van der Waals surface area contributed by atoms with Crippen LogP contribution in [0.15, 0.2) is 18.3 Å². The maximum atomic E-state index is 12.5. The normalized spacial score (nSPS) is 17.6. The van der Waals surface area contributed by atoms with Gasteiger partial charge in [-0.05, 0) is 63.0 Å². The van der Waals surface area contributed by atoms with Gasteiger partial charge >= 0.3 is 0 Å². The molecule has 0 spiro atoms. The molecule has 1 amide bonds. The highest BCUT2D eigenvalue weighted by Crippen LogP contribution is 2.34. The van der Waals surface area contributed by atoms with Crippen LogP contribution in [0.2, 0.25) is 0 Å². The SMILES string of the molecule is Cc1nn(CC2CC2)c(C)c1CC(=O)Nc1ccc(C2CCCC2)cn1. The van der Waals surface area contributed by atoms with E-state index in [0.29, 0.717) is 18.2 Å². The van der Waals surface area contributed by atoms with Gasteiger partial charge in [0.15, 0.2) is 0 Å². The van der Waals surface area contributed by atoms with Crippen molar-refractivity contribution < 1.29 is 4.79 Å². The van der Waals surface area contributed by atoms with Crippen LogP contribution in [-0.4, -0.2) is 20.7 Å². The van der Waals surface area contributed by atoms with Gasteiger partial charge in [0.1, 0.15) is 5.82 Å². The molecule has 2 fully saturated rings. The van der Waals surface area contributed by atoms with Crippen LogP contribution < -0.4 is 5.32 Å². The number of carbonyl (C=O) groups is 1. The Morgan fingerprint density at radius 3 is 2.62 bits per heavy atom. The number of amides is 1. The Bertz CT molecular complexity index is 783. The Labute approximate surface area is 155 Å². The molecule has 26 heavy (non-hydrogen) atoms. The number of anilines is 1. The second-order valence-corrected chi connectivity index (χ2v) is 7.96. The molecule has 4 rings (SSSR count). The fourth-order valence-corrected chi connectivity index (χ4v) is 4.04. The number of rotatable bonds is 6. The molecule has 5 heteroatoms. The van der Waals surface area contributed by atoms with Crippen molar-refractivity contribution in [3.05, 3.63) is 40.8 Å². The molecule has 5 nitrogen and oxygen atoms in total. The van der Waals surface area contributed by atoms with Gasteiger partial charge in [0.2, 0.25) is 5.91 Å². The Kier molecular flexibility index (Phi) is 4.79. The van der Waals surface area contributed by atoms with Gasteiger partial charge in [-0.25, -0.2) is 4.98 Å². The molecule has 0 unspecified atom stereocenters. The third-order valence-corrected chi connectivity index (χ3v) is 5.88. The smallest absolute Gasteiger partial charge is 0.230 e. The van der Waals surface area contributed by atoms with Gasteiger partial charge in [0.25, 0.3) is 0 Å². The minimum Gasteiger partial charge on any atom is -0.310 e. The summed E-state index contributed by atoms with van der Waals surface area (Å²) in [5.41, 5.74) is 4.43. The predicted octanol–water partition coefficient (Wildman–Crippen LogP) is 4.14. The first kappa shape index (κ1) is 17.3. The molecule has 0 radical (unpaired) electrons. The van der Waals surface area contributed by atoms with Crippen molar-refractivity contribution in [3.8, 4) is 0 Å². The third kappa shape index (κ3) is 3.81. The summed E-state index contributed by atoms with van der Waals surface area (Å²) in [4.78, 5) is 16.9. The van der Waals surface area contributed by atoms with E-state index in [0.717, 1.165) is 29.4 Å². The van der Waals surface area contributed by atoms with E-state index in [1.54, 1.807) is 0 Å². The van der Waals surface area contributed by atoms with Gasteiger partial charge in [0, 0.05) is 24.0 Å². The van der Waals surface area contributed by atoms with Crippen LogP contribution in [0.1, 0.15) is 67.0 Å². The average molecular weight is 352 g/mol. The highest BCUT2D eigenvalue weighted by atomic mass is 16.1. The van der Waals surface area contributed by atoms with Gasteiger partial charge in [-0.3, -0.25) is 9.48 Å². The fraction of sp³-hybridized carbons (Fsp3) is 0.571. The topological polar surface area (TPSA) is 59.8 Å². The second kappa shape index (κ2) is 7.22. The highest BCUT2D eigenvalue weighted by Gasteiger charge is 2.24. The molecule has 2 aliphatic rings. The molecule has 2 saturated carbocycles. The summed E-state index contributed by atoms with van der Waals surface area (Å²) in [6.07, 6.45) is 10.0. The molecule has 0 aromatic carbocycles. The first-order valence-corrected chi connectivity index (χ1v) is 9.89. The Morgan fingerprint density at radius 1 is 1.19 bits per heavy atom. The summed E-state index contributed by atoms with van der Waals surface area (Å²) < 4.78 is 2.07. The number of hydrogen-bond acceptors (Lipinski definition) is 3. The minimum atomic E-state index is -0.0247. The van der Waals surface area contributed by atoms with E-state index in [1.165, 1.54) is 44.1 Å². The van der Waals surface area contributed by atoms with Crippen molar-refractivity contribution in [1.82, 2.24) is 14.8 Å². The lowest BCUT2D eigenvalue weighted by molar-refractivity contribution is -0.115. The Hall–Kier alpha value is -2.17. The average Bonchev–Trinajstić information content (AvgIpc) is 3.20. The predicted molar refractivity (Wildman–Crippen MR) is 102 cm³/mol. The fourth-order valence-electron chi connectivity index (χ4n) is 4.04. The first-order valence-electron chi connectivity index (χ1n) is 9.89. The van der Waals surface area contributed by atoms with Crippen LogP contribution in [-0.2, 0) is 17.8 Å². The minimum absolute atomic E-state index is 0.0247. The second-order valence-electron chi connectivity index (χ2n) is 7.96. The quantitative estimate of drug-likeness (QED) is 0.850. The lowest BCUT2D eigenvalue weighted by atomic mass is 10.00. The van der Waals surface area contributed by atoms with Crippen molar-refractivity contribution in [3.63, 3.8) is 0 Å². The van der Waals surface area contributed by atoms with Crippen molar-refractivity contribution in [2.75, 3.05) is 5.32 Å². The van der Waals surface area contributed by atoms with Crippen molar-refractivity contribution in [2.45, 2.75) is 71.3 Å². The molecule has 2 aliphatic carbocycles. The van der Waals surface area contributed by atoms with Crippen LogP contribution in [0.25, 0.3) is 0 Å². The molecule has 0 saturated heterocycles. The van der Waals surface area contributed by atoms with E-state index in [1.807, 2.05) is 19.2 Å². The number of aryl methyl sites for hydroxylation is 1. The van der Waals surface area contributed by atoms with Crippen LogP contribution in [0.5, 0.6) is 0 Å². The number of hydrogen-bond donors (Lipinski definition) is 1. The van der Waals surface area contributed by atoms with Crippen molar-refractivity contribution in [1.29, 1.82) is 0 Å². The summed E-state index contributed by atoms with van der Waals surface area (Å²) >= 11 is 0. The van der Waals surface area contributed by atoms with Gasteiger partial charge in [0.05, 0.1) is 12.1 Å². The first-order chi connectivity index (χ1) is 12.6. The number of pyridine rings is 1. The number of aromatic nitrogens is 3. The van der Waals surface area contributed by atoms with Crippen LogP contribution in [0.4, 0.5) is 5.82 Å². The molecule has 0 atom stereocenters. The Morgan fingerprint density at radius 2 is 1.96 bits per heavy atom. The van der Waals surface area contributed by atoms with Crippen LogP contribution >= 0.6 is 0 Å². The zero-order valence-corrected chi connectivity index (χ0v) is 15.8. The van der Waals surface area contributed by atoms with E-state index < -0.39 is 0 Å². The standard InChI is InChI=1S/C21H28N4O/c1-14-19(15(2)25(24-14)13-16-7-8-16)11-21(26)23-20-10-9-18(12-22-20)17-5-3-4-6-17/h9-10,12,16-17H,3-8,11,13H2,1-2H3,(H,22,23,26). The maximum Gasteiger partial charge on any atom is 0.230 e. The summed E-state index contributed by atoms with van der Waals surface area (Å²) in [7, 11) is 0. The molecule has 1 N–H and O–H groups in total. The van der Waals surface area contributed by atoms with E-state index in [-0.39, 0.29) is 5.91 Å². The molecule has 2 heterocycles. The molecule has 2 aromatic rings. The van der Waals surface area contributed by atoms with Crippen LogP contribution in [0.3, 0.4) is 0 Å². The Balaban J connectivity index is 1.38. The van der Waals surface area contributed by atoms with E-state index in [2.05, 4.69) is 33.1 Å². The summed E-state index contributed by atoms with van der Waals surface area (Å²) in [5.74, 6) is 2.04. The van der Waals surface area contributed by atoms with Gasteiger partial charge < -0.3 is 5.32 Å². The molecular formula is C21H28N4O. The summed E-state index contributed by atoms with van der Waals surface area (Å²) in [6.45, 7) is 5.05. The van der Waals surface area contributed by atoms with Gasteiger partial charge in [-0.1, -0.05) is 18.9 Å². The number of nitrogens with one attached hydrogen (secondary N) is 1. The van der Waals surface area contributed by atoms with Gasteiger partial charge in [-0.2, -0.15) is 5.10 Å². The molecule has 138 valence electrons. The maximum absolute atomic E-state index is 12.5. The summed E-state index contributed by atoms with van der Waals surface area (Å²) in [5, 5.41) is 7.57. The molecular weight excluding hydrogens is 324 g/mol. The monoisotopic (exact) mass is 352 g/mol. The zero-order chi connectivity index (χ0) is 18.1. The van der Waals surface area contributed by atoms with Crippen molar-refractivity contribution in [2.24, 2.45) is 5.92 Å².